The maximum atomic E-state index is 12.9. The number of benzene rings is 1. The van der Waals surface area contributed by atoms with Crippen LogP contribution in [0.15, 0.2) is 35.5 Å². The molecule has 0 aliphatic carbocycles. The lowest BCUT2D eigenvalue weighted by Gasteiger charge is -2.37. The lowest BCUT2D eigenvalue weighted by molar-refractivity contribution is -0.139. The molecule has 0 spiro atoms. The molecule has 0 aromatic heterocycles. The van der Waals surface area contributed by atoms with Gasteiger partial charge >= 0.3 is 12.0 Å². The Morgan fingerprint density at radius 1 is 1.17 bits per heavy atom. The van der Waals surface area contributed by atoms with Crippen LogP contribution in [0.2, 0.25) is 0 Å². The van der Waals surface area contributed by atoms with Crippen LogP contribution in [0.4, 0.5) is 4.79 Å². The molecule has 7 nitrogen and oxygen atoms in total. The maximum absolute atomic E-state index is 12.9. The van der Waals surface area contributed by atoms with Crippen LogP contribution in [-0.4, -0.2) is 50.3 Å². The van der Waals surface area contributed by atoms with Crippen molar-refractivity contribution >= 4 is 12.0 Å². The average Bonchev–Trinajstić information content (AvgIpc) is 2.67. The highest BCUT2D eigenvalue weighted by Gasteiger charge is 2.35. The van der Waals surface area contributed by atoms with Gasteiger partial charge < -0.3 is 20.1 Å². The van der Waals surface area contributed by atoms with E-state index in [1.807, 2.05) is 24.3 Å². The Kier molecular flexibility index (Phi) is 6.79. The van der Waals surface area contributed by atoms with E-state index in [0.29, 0.717) is 35.4 Å². The summed E-state index contributed by atoms with van der Waals surface area (Å²) in [6.45, 7) is 8.94. The molecule has 2 amide bonds. The highest BCUT2D eigenvalue weighted by Crippen LogP contribution is 2.30. The maximum Gasteiger partial charge on any atom is 0.338 e. The molecule has 7 heteroatoms. The summed E-state index contributed by atoms with van der Waals surface area (Å²) in [7, 11) is 1.60. The van der Waals surface area contributed by atoms with Crippen molar-refractivity contribution in [2.75, 3.05) is 33.4 Å². The summed E-state index contributed by atoms with van der Waals surface area (Å²) in [4.78, 5) is 27.6. The summed E-state index contributed by atoms with van der Waals surface area (Å²) < 4.78 is 10.6. The number of nitrogens with zero attached hydrogens (tertiary/aromatic N) is 1. The third kappa shape index (κ3) is 5.09. The van der Waals surface area contributed by atoms with Gasteiger partial charge in [0.05, 0.1) is 25.3 Å². The van der Waals surface area contributed by atoms with Gasteiger partial charge in [-0.25, -0.2) is 9.59 Å². The highest BCUT2D eigenvalue weighted by atomic mass is 16.5. The third-order valence-corrected chi connectivity index (χ3v) is 5.42. The van der Waals surface area contributed by atoms with Crippen LogP contribution in [0.3, 0.4) is 0 Å². The minimum Gasteiger partial charge on any atom is -0.497 e. The van der Waals surface area contributed by atoms with Gasteiger partial charge in [-0.3, -0.25) is 4.90 Å². The monoisotopic (exact) mass is 401 g/mol. The number of nitrogens with one attached hydrogen (secondary N) is 2. The first-order chi connectivity index (χ1) is 13.9. The van der Waals surface area contributed by atoms with E-state index in [2.05, 4.69) is 29.4 Å². The quantitative estimate of drug-likeness (QED) is 0.717. The molecular weight excluding hydrogens is 370 g/mol. The fourth-order valence-corrected chi connectivity index (χ4v) is 4.38. The van der Waals surface area contributed by atoms with E-state index in [9.17, 15) is 9.59 Å². The smallest absolute Gasteiger partial charge is 0.338 e. The molecule has 1 aromatic carbocycles. The zero-order valence-electron chi connectivity index (χ0n) is 17.7. The Hall–Kier alpha value is -2.54. The summed E-state index contributed by atoms with van der Waals surface area (Å²) in [5, 5.41) is 5.74. The first-order valence-corrected chi connectivity index (χ1v) is 10.2. The summed E-state index contributed by atoms with van der Waals surface area (Å²) in [6.07, 6.45) is 1.20. The van der Waals surface area contributed by atoms with Crippen molar-refractivity contribution in [3.8, 4) is 5.75 Å². The van der Waals surface area contributed by atoms with Gasteiger partial charge in [-0.15, -0.1) is 0 Å². The topological polar surface area (TPSA) is 79.9 Å². The molecule has 2 heterocycles. The number of likely N-dealkylation sites (tertiary alicyclic amines) is 1. The lowest BCUT2D eigenvalue weighted by atomic mass is 9.91. The van der Waals surface area contributed by atoms with Crippen molar-refractivity contribution < 1.29 is 19.1 Å². The minimum atomic E-state index is -0.566. The SMILES string of the molecule is CCOC(=O)C1=C(CN2C[C@H](C)C[C@@H](C)C2)NC(=O)N[C@@H]1c1ccc(OC)cc1. The normalized spacial score (nSPS) is 25.2. The third-order valence-electron chi connectivity index (χ3n) is 5.42. The van der Waals surface area contributed by atoms with E-state index in [-0.39, 0.29) is 12.6 Å². The molecule has 3 rings (SSSR count). The van der Waals surface area contributed by atoms with E-state index in [1.54, 1.807) is 14.0 Å². The number of urea groups is 1. The van der Waals surface area contributed by atoms with Crippen molar-refractivity contribution in [1.82, 2.24) is 15.5 Å². The van der Waals surface area contributed by atoms with Gasteiger partial charge in [0.25, 0.3) is 0 Å². The lowest BCUT2D eigenvalue weighted by Crippen LogP contribution is -2.50. The number of amides is 2. The van der Waals surface area contributed by atoms with E-state index in [1.165, 1.54) is 6.42 Å². The van der Waals surface area contributed by atoms with Crippen LogP contribution in [0.25, 0.3) is 0 Å². The molecule has 2 aliphatic rings. The van der Waals surface area contributed by atoms with Crippen molar-refractivity contribution in [3.05, 3.63) is 41.1 Å². The average molecular weight is 402 g/mol. The fraction of sp³-hybridized carbons (Fsp3) is 0.545. The van der Waals surface area contributed by atoms with Crippen LogP contribution in [0.1, 0.15) is 38.8 Å². The summed E-state index contributed by atoms with van der Waals surface area (Å²) in [5.41, 5.74) is 1.89. The van der Waals surface area contributed by atoms with Gasteiger partial charge in [-0.05, 0) is 42.9 Å². The number of hydrogen-bond acceptors (Lipinski definition) is 5. The molecule has 1 aromatic rings. The minimum absolute atomic E-state index is 0.274. The largest absolute Gasteiger partial charge is 0.497 e. The molecule has 2 N–H and O–H groups in total. The van der Waals surface area contributed by atoms with Gasteiger partial charge in [0, 0.05) is 25.3 Å². The standard InChI is InChI=1S/C22H31N3O4/c1-5-29-21(26)19-18(13-25-11-14(2)10-15(3)12-25)23-22(27)24-20(19)16-6-8-17(28-4)9-7-16/h6-9,14-15,20H,5,10-13H2,1-4H3,(H2,23,24,27)/t14-,15-,20-/m1/s1. The molecule has 0 unspecified atom stereocenters. The van der Waals surface area contributed by atoms with E-state index < -0.39 is 12.0 Å². The first kappa shape index (κ1) is 21.2. The molecule has 29 heavy (non-hydrogen) atoms. The zero-order chi connectivity index (χ0) is 21.0. The molecule has 1 saturated heterocycles. The molecule has 3 atom stereocenters. The number of carbonyl (C=O) groups is 2. The molecular formula is C22H31N3O4. The zero-order valence-corrected chi connectivity index (χ0v) is 17.7. The highest BCUT2D eigenvalue weighted by molar-refractivity contribution is 5.95. The van der Waals surface area contributed by atoms with Gasteiger partial charge in [0.15, 0.2) is 0 Å². The molecule has 0 bridgehead atoms. The summed E-state index contributed by atoms with van der Waals surface area (Å²) in [6, 6.07) is 6.48. The number of methoxy groups -OCH3 is 1. The van der Waals surface area contributed by atoms with Crippen molar-refractivity contribution in [2.45, 2.75) is 33.2 Å². The van der Waals surface area contributed by atoms with Crippen LogP contribution in [0, 0.1) is 11.8 Å². The van der Waals surface area contributed by atoms with Crippen molar-refractivity contribution in [2.24, 2.45) is 11.8 Å². The predicted molar refractivity (Wildman–Crippen MR) is 110 cm³/mol. The van der Waals surface area contributed by atoms with Crippen molar-refractivity contribution in [3.63, 3.8) is 0 Å². The number of ether oxygens (including phenoxy) is 2. The Morgan fingerprint density at radius 2 is 1.83 bits per heavy atom. The molecule has 0 saturated carbocycles. The van der Waals surface area contributed by atoms with E-state index >= 15 is 0 Å². The molecule has 0 radical (unpaired) electrons. The Labute approximate surface area is 172 Å². The Bertz CT molecular complexity index is 765. The van der Waals surface area contributed by atoms with Crippen LogP contribution >= 0.6 is 0 Å². The Balaban J connectivity index is 1.96. The van der Waals surface area contributed by atoms with Crippen molar-refractivity contribution in [1.29, 1.82) is 0 Å². The molecule has 158 valence electrons. The fourth-order valence-electron chi connectivity index (χ4n) is 4.38. The second-order valence-corrected chi connectivity index (χ2v) is 8.06. The first-order valence-electron chi connectivity index (χ1n) is 10.2. The second-order valence-electron chi connectivity index (χ2n) is 8.06. The molecule has 2 aliphatic heterocycles. The van der Waals surface area contributed by atoms with Crippen LogP contribution in [-0.2, 0) is 9.53 Å². The number of carbonyl (C=O) groups excluding carboxylic acids is 2. The van der Waals surface area contributed by atoms with E-state index in [4.69, 9.17) is 9.47 Å². The van der Waals surface area contributed by atoms with Crippen LogP contribution < -0.4 is 15.4 Å². The van der Waals surface area contributed by atoms with Gasteiger partial charge in [0.1, 0.15) is 5.75 Å². The summed E-state index contributed by atoms with van der Waals surface area (Å²) in [5.74, 6) is 1.47. The van der Waals surface area contributed by atoms with Gasteiger partial charge in [-0.2, -0.15) is 0 Å². The number of esters is 1. The Morgan fingerprint density at radius 3 is 2.41 bits per heavy atom. The summed E-state index contributed by atoms with van der Waals surface area (Å²) >= 11 is 0. The second kappa shape index (κ2) is 9.31. The number of piperidine rings is 1. The molecule has 1 fully saturated rings. The van der Waals surface area contributed by atoms with Gasteiger partial charge in [0.2, 0.25) is 0 Å². The predicted octanol–water partition coefficient (Wildman–Crippen LogP) is 2.84. The number of hydrogen-bond donors (Lipinski definition) is 2. The number of rotatable bonds is 6. The van der Waals surface area contributed by atoms with Gasteiger partial charge in [-0.1, -0.05) is 26.0 Å². The van der Waals surface area contributed by atoms with E-state index in [0.717, 1.165) is 18.7 Å². The van der Waals surface area contributed by atoms with Crippen LogP contribution in [0.5, 0.6) is 5.75 Å².